The molecule has 1 aromatic heterocycles. The molecule has 0 aromatic carbocycles. The van der Waals surface area contributed by atoms with Crippen LogP contribution in [0, 0.1) is 5.92 Å². The number of hydrogen-bond donors (Lipinski definition) is 7. The Bertz CT molecular complexity index is 1180. The highest BCUT2D eigenvalue weighted by molar-refractivity contribution is 7.66. The summed E-state index contributed by atoms with van der Waals surface area (Å²) in [7, 11) is -17.3. The fourth-order valence-corrected chi connectivity index (χ4v) is 6.50. The summed E-state index contributed by atoms with van der Waals surface area (Å²) in [6.45, 7) is -0.171. The van der Waals surface area contributed by atoms with E-state index in [0.717, 1.165) is 12.3 Å². The lowest BCUT2D eigenvalue weighted by molar-refractivity contribution is -0.147. The van der Waals surface area contributed by atoms with Crippen LogP contribution in [-0.4, -0.2) is 69.9 Å². The minimum Gasteiger partial charge on any atom is -0.387 e. The number of aliphatic hydroxyl groups is 2. The van der Waals surface area contributed by atoms with Gasteiger partial charge < -0.3 is 34.5 Å². The smallest absolute Gasteiger partial charge is 0.387 e. The molecule has 1 aliphatic heterocycles. The number of H-pyrrole nitrogens is 1. The van der Waals surface area contributed by atoms with Crippen molar-refractivity contribution in [3.63, 3.8) is 0 Å². The molecule has 3 unspecified atom stereocenters. The van der Waals surface area contributed by atoms with Crippen LogP contribution in [0.4, 0.5) is 4.39 Å². The van der Waals surface area contributed by atoms with Gasteiger partial charge in [0.1, 0.15) is 18.4 Å². The summed E-state index contributed by atoms with van der Waals surface area (Å²) < 4.78 is 66.1. The summed E-state index contributed by atoms with van der Waals surface area (Å²) in [4.78, 5) is 61.6. The number of halogens is 1. The summed E-state index contributed by atoms with van der Waals surface area (Å²) in [5.41, 5.74) is -7.05. The van der Waals surface area contributed by atoms with E-state index < -0.39 is 77.5 Å². The molecule has 7 atom stereocenters. The van der Waals surface area contributed by atoms with Crippen LogP contribution in [-0.2, 0) is 31.6 Å². The normalized spacial score (nSPS) is 31.6. The van der Waals surface area contributed by atoms with Crippen LogP contribution in [0.1, 0.15) is 26.5 Å². The van der Waals surface area contributed by atoms with Gasteiger partial charge >= 0.3 is 29.2 Å². The average molecular weight is 572 g/mol. The Kier molecular flexibility index (Phi) is 8.90. The second-order valence-electron chi connectivity index (χ2n) is 7.65. The lowest BCUT2D eigenvalue weighted by atomic mass is 9.77. The van der Waals surface area contributed by atoms with Gasteiger partial charge in [0, 0.05) is 12.3 Å². The first kappa shape index (κ1) is 30.1. The maximum atomic E-state index is 14.2. The van der Waals surface area contributed by atoms with Gasteiger partial charge in [-0.15, -0.1) is 0 Å². The van der Waals surface area contributed by atoms with Crippen LogP contribution in [0.5, 0.6) is 0 Å². The summed E-state index contributed by atoms with van der Waals surface area (Å²) in [5.74, 6) is -0.916. The van der Waals surface area contributed by atoms with E-state index in [0.29, 0.717) is 4.57 Å². The number of rotatable bonds is 11. The number of aromatic nitrogens is 2. The molecule has 35 heavy (non-hydrogen) atoms. The molecule has 1 fully saturated rings. The number of aliphatic hydroxyl groups excluding tert-OH is 1. The standard InChI is InChI=1S/C14H24FN2O15P3/c1-3-8(2)14(21)10(19)13(6-15,30-11(14)17-5-4-9(18)16-12(17)20)7-29-34(25,26)32-35(27,28)31-33(22,23)24/h4-5,8,10-11,19,21H,3,6-7H2,1-2H3,(H,25,26)(H,27,28)(H,16,18,20)(H2,22,23,24)/t8?,10-,11-,13-,14-/m1/s1. The van der Waals surface area contributed by atoms with Crippen molar-refractivity contribution in [3.8, 4) is 0 Å². The molecule has 0 aliphatic carbocycles. The maximum absolute atomic E-state index is 14.2. The molecule has 0 saturated carbocycles. The highest BCUT2D eigenvalue weighted by Gasteiger charge is 2.66. The summed E-state index contributed by atoms with van der Waals surface area (Å²) >= 11 is 0. The van der Waals surface area contributed by atoms with E-state index in [1.165, 1.54) is 6.92 Å². The SMILES string of the molecule is CCC(C)[C@@]1(O)[C@H](O)[C@@](CF)(COP(=O)(O)OP(=O)(O)OP(=O)(O)O)O[C@H]1n1ccc(=O)[nH]c1=O. The lowest BCUT2D eigenvalue weighted by Gasteiger charge is -2.37. The molecular weight excluding hydrogens is 548 g/mol. The minimum atomic E-state index is -5.89. The second-order valence-corrected chi connectivity index (χ2v) is 12.1. The zero-order chi connectivity index (χ0) is 27.0. The molecule has 0 spiro atoms. The van der Waals surface area contributed by atoms with E-state index in [1.54, 1.807) is 6.92 Å². The molecule has 7 N–H and O–H groups in total. The highest BCUT2D eigenvalue weighted by atomic mass is 31.3. The van der Waals surface area contributed by atoms with E-state index in [2.05, 4.69) is 13.1 Å². The van der Waals surface area contributed by atoms with Gasteiger partial charge in [-0.05, 0) is 5.92 Å². The number of phosphoric acid groups is 3. The van der Waals surface area contributed by atoms with E-state index in [9.17, 15) is 47.7 Å². The molecule has 1 aliphatic rings. The monoisotopic (exact) mass is 572 g/mol. The first-order valence-corrected chi connectivity index (χ1v) is 14.1. The van der Waals surface area contributed by atoms with Crippen molar-refractivity contribution in [2.24, 2.45) is 5.92 Å². The van der Waals surface area contributed by atoms with Crippen molar-refractivity contribution in [1.29, 1.82) is 0 Å². The maximum Gasteiger partial charge on any atom is 0.490 e. The number of ether oxygens (including phenoxy) is 1. The van der Waals surface area contributed by atoms with E-state index in [4.69, 9.17) is 14.5 Å². The van der Waals surface area contributed by atoms with Gasteiger partial charge in [0.2, 0.25) is 0 Å². The molecule has 1 aromatic rings. The van der Waals surface area contributed by atoms with Crippen LogP contribution in [0.15, 0.2) is 21.9 Å². The number of aromatic amines is 1. The fourth-order valence-electron chi connectivity index (χ4n) is 3.42. The quantitative estimate of drug-likeness (QED) is 0.161. The van der Waals surface area contributed by atoms with Gasteiger partial charge in [0.15, 0.2) is 11.8 Å². The molecule has 2 heterocycles. The zero-order valence-electron chi connectivity index (χ0n) is 18.0. The van der Waals surface area contributed by atoms with Crippen molar-refractivity contribution < 1.29 is 65.8 Å². The Hall–Kier alpha value is -1.10. The number of nitrogens with zero attached hydrogens (tertiary/aromatic N) is 1. The molecule has 202 valence electrons. The highest BCUT2D eigenvalue weighted by Crippen LogP contribution is 2.66. The first-order chi connectivity index (χ1) is 15.8. The number of hydrogen-bond acceptors (Lipinski definition) is 11. The van der Waals surface area contributed by atoms with Crippen molar-refractivity contribution in [3.05, 3.63) is 33.1 Å². The number of nitrogens with one attached hydrogen (secondary N) is 1. The first-order valence-electron chi connectivity index (χ1n) is 9.56. The fraction of sp³-hybridized carbons (Fsp3) is 0.714. The number of alkyl halides is 1. The summed E-state index contributed by atoms with van der Waals surface area (Å²) in [6, 6.07) is 0.871. The second kappa shape index (κ2) is 10.3. The van der Waals surface area contributed by atoms with Gasteiger partial charge in [-0.2, -0.15) is 8.62 Å². The Labute approximate surface area is 195 Å². The third kappa shape index (κ3) is 6.62. The molecular formula is C14H24FN2O15P3. The van der Waals surface area contributed by atoms with Crippen LogP contribution < -0.4 is 11.2 Å². The molecule has 17 nitrogen and oxygen atoms in total. The van der Waals surface area contributed by atoms with Crippen molar-refractivity contribution in [1.82, 2.24) is 9.55 Å². The molecule has 2 rings (SSSR count). The minimum absolute atomic E-state index is 0.143. The van der Waals surface area contributed by atoms with Crippen LogP contribution in [0.2, 0.25) is 0 Å². The Morgan fingerprint density at radius 3 is 2.29 bits per heavy atom. The third-order valence-electron chi connectivity index (χ3n) is 5.30. The summed E-state index contributed by atoms with van der Waals surface area (Å²) in [5, 5.41) is 22.2. The largest absolute Gasteiger partial charge is 0.490 e. The Morgan fingerprint density at radius 2 is 1.80 bits per heavy atom. The summed E-state index contributed by atoms with van der Waals surface area (Å²) in [6.07, 6.45) is -3.09. The van der Waals surface area contributed by atoms with Crippen molar-refractivity contribution in [2.45, 2.75) is 43.8 Å². The predicted molar refractivity (Wildman–Crippen MR) is 110 cm³/mol. The van der Waals surface area contributed by atoms with Crippen LogP contribution in [0.3, 0.4) is 0 Å². The molecule has 1 saturated heterocycles. The number of phosphoric ester groups is 1. The van der Waals surface area contributed by atoms with Crippen molar-refractivity contribution in [2.75, 3.05) is 13.3 Å². The van der Waals surface area contributed by atoms with Gasteiger partial charge in [-0.1, -0.05) is 20.3 Å². The van der Waals surface area contributed by atoms with Gasteiger partial charge in [0.25, 0.3) is 5.56 Å². The molecule has 21 heteroatoms. The topological polar surface area (TPSA) is 264 Å². The average Bonchev–Trinajstić information content (AvgIpc) is 2.92. The van der Waals surface area contributed by atoms with E-state index in [-0.39, 0.29) is 6.42 Å². The Balaban J connectivity index is 2.42. The lowest BCUT2D eigenvalue weighted by Crippen LogP contribution is -2.57. The zero-order valence-corrected chi connectivity index (χ0v) is 20.7. The van der Waals surface area contributed by atoms with Gasteiger partial charge in [-0.3, -0.25) is 18.9 Å². The predicted octanol–water partition coefficient (Wildman–Crippen LogP) is -0.745. The van der Waals surface area contributed by atoms with Crippen LogP contribution in [0.25, 0.3) is 0 Å². The van der Waals surface area contributed by atoms with E-state index >= 15 is 0 Å². The van der Waals surface area contributed by atoms with Gasteiger partial charge in [0.05, 0.1) is 6.61 Å². The van der Waals surface area contributed by atoms with Crippen molar-refractivity contribution >= 4 is 23.5 Å². The molecule has 0 bridgehead atoms. The third-order valence-corrected chi connectivity index (χ3v) is 9.08. The van der Waals surface area contributed by atoms with Crippen LogP contribution >= 0.6 is 23.5 Å². The molecule has 0 radical (unpaired) electrons. The van der Waals surface area contributed by atoms with E-state index in [1.807, 2.05) is 4.98 Å². The molecule has 0 amide bonds. The Morgan fingerprint density at radius 1 is 1.20 bits per heavy atom. The van der Waals surface area contributed by atoms with Gasteiger partial charge in [-0.25, -0.2) is 22.9 Å².